The highest BCUT2D eigenvalue weighted by atomic mass is 16.1. The lowest BCUT2D eigenvalue weighted by Crippen LogP contribution is -2.14. The van der Waals surface area contributed by atoms with E-state index in [4.69, 9.17) is 5.73 Å². The second-order valence-electron chi connectivity index (χ2n) is 5.31. The number of rotatable bonds is 3. The maximum atomic E-state index is 12.3. The standard InChI is InChI=1S/C17H20N2O/c1-11(2)13-5-4-6-15(9-13)19-17(20)16-10-14(18)8-7-12(16)3/h4-11H,18H2,1-3H3,(H,19,20). The Morgan fingerprint density at radius 1 is 1.15 bits per heavy atom. The molecule has 0 spiro atoms. The Kier molecular flexibility index (Phi) is 4.08. The average molecular weight is 268 g/mol. The van der Waals surface area contributed by atoms with Crippen molar-refractivity contribution >= 4 is 17.3 Å². The largest absolute Gasteiger partial charge is 0.399 e. The van der Waals surface area contributed by atoms with Gasteiger partial charge in [0.05, 0.1) is 0 Å². The number of benzene rings is 2. The second-order valence-corrected chi connectivity index (χ2v) is 5.31. The molecule has 0 aliphatic carbocycles. The van der Waals surface area contributed by atoms with Gasteiger partial charge in [-0.3, -0.25) is 4.79 Å². The molecule has 2 aromatic carbocycles. The Morgan fingerprint density at radius 2 is 1.90 bits per heavy atom. The SMILES string of the molecule is Cc1ccc(N)cc1C(=O)Nc1cccc(C(C)C)c1. The minimum Gasteiger partial charge on any atom is -0.399 e. The summed E-state index contributed by atoms with van der Waals surface area (Å²) in [5, 5.41) is 2.93. The number of aryl methyl sites for hydroxylation is 1. The van der Waals surface area contributed by atoms with Crippen LogP contribution in [0.25, 0.3) is 0 Å². The number of nitrogen functional groups attached to an aromatic ring is 1. The lowest BCUT2D eigenvalue weighted by molar-refractivity contribution is 0.102. The molecule has 3 heteroatoms. The number of hydrogen-bond acceptors (Lipinski definition) is 2. The average Bonchev–Trinajstić information content (AvgIpc) is 2.41. The smallest absolute Gasteiger partial charge is 0.256 e. The van der Waals surface area contributed by atoms with Crippen LogP contribution in [0, 0.1) is 6.92 Å². The van der Waals surface area contributed by atoms with Crippen LogP contribution in [-0.4, -0.2) is 5.91 Å². The molecule has 0 unspecified atom stereocenters. The van der Waals surface area contributed by atoms with E-state index in [1.807, 2.05) is 31.2 Å². The predicted molar refractivity (Wildman–Crippen MR) is 84.1 cm³/mol. The van der Waals surface area contributed by atoms with Crippen LogP contribution < -0.4 is 11.1 Å². The summed E-state index contributed by atoms with van der Waals surface area (Å²) < 4.78 is 0. The molecule has 0 aliphatic rings. The van der Waals surface area contributed by atoms with Crippen LogP contribution >= 0.6 is 0 Å². The van der Waals surface area contributed by atoms with Crippen molar-refractivity contribution in [2.75, 3.05) is 11.1 Å². The summed E-state index contributed by atoms with van der Waals surface area (Å²) in [7, 11) is 0. The molecule has 3 N–H and O–H groups in total. The highest BCUT2D eigenvalue weighted by molar-refractivity contribution is 6.05. The quantitative estimate of drug-likeness (QED) is 0.828. The summed E-state index contributed by atoms with van der Waals surface area (Å²) in [4.78, 5) is 12.3. The van der Waals surface area contributed by atoms with Gasteiger partial charge in [0.15, 0.2) is 0 Å². The van der Waals surface area contributed by atoms with Crippen LogP contribution in [0.3, 0.4) is 0 Å². The molecule has 0 heterocycles. The summed E-state index contributed by atoms with van der Waals surface area (Å²) in [6.45, 7) is 6.16. The summed E-state index contributed by atoms with van der Waals surface area (Å²) in [5.41, 5.74) is 9.87. The maximum absolute atomic E-state index is 12.3. The van der Waals surface area contributed by atoms with Crippen molar-refractivity contribution in [1.29, 1.82) is 0 Å². The Bertz CT molecular complexity index is 633. The Labute approximate surface area is 119 Å². The van der Waals surface area contributed by atoms with Gasteiger partial charge in [-0.1, -0.05) is 32.0 Å². The van der Waals surface area contributed by atoms with Gasteiger partial charge in [0, 0.05) is 16.9 Å². The first-order valence-electron chi connectivity index (χ1n) is 6.75. The molecular formula is C17H20N2O. The van der Waals surface area contributed by atoms with Gasteiger partial charge in [-0.25, -0.2) is 0 Å². The molecule has 0 aromatic heterocycles. The molecule has 0 radical (unpaired) electrons. The minimum atomic E-state index is -0.129. The summed E-state index contributed by atoms with van der Waals surface area (Å²) in [6.07, 6.45) is 0. The molecule has 0 aliphatic heterocycles. The highest BCUT2D eigenvalue weighted by Crippen LogP contribution is 2.20. The fourth-order valence-electron chi connectivity index (χ4n) is 2.06. The predicted octanol–water partition coefficient (Wildman–Crippen LogP) is 3.95. The molecule has 2 rings (SSSR count). The van der Waals surface area contributed by atoms with Crippen molar-refractivity contribution < 1.29 is 4.79 Å². The third-order valence-corrected chi connectivity index (χ3v) is 3.32. The van der Waals surface area contributed by atoms with Gasteiger partial charge in [-0.05, 0) is 48.2 Å². The van der Waals surface area contributed by atoms with Crippen LogP contribution in [0.1, 0.15) is 41.3 Å². The third-order valence-electron chi connectivity index (χ3n) is 3.32. The van der Waals surface area contributed by atoms with E-state index in [-0.39, 0.29) is 5.91 Å². The number of nitrogens with two attached hydrogens (primary N) is 1. The Hall–Kier alpha value is -2.29. The lowest BCUT2D eigenvalue weighted by Gasteiger charge is -2.11. The van der Waals surface area contributed by atoms with Gasteiger partial charge in [0.25, 0.3) is 5.91 Å². The zero-order chi connectivity index (χ0) is 14.7. The van der Waals surface area contributed by atoms with Crippen LogP contribution in [0.5, 0.6) is 0 Å². The van der Waals surface area contributed by atoms with E-state index < -0.39 is 0 Å². The van der Waals surface area contributed by atoms with Crippen molar-refractivity contribution in [2.45, 2.75) is 26.7 Å². The first-order chi connectivity index (χ1) is 9.47. The number of carbonyl (C=O) groups is 1. The number of carbonyl (C=O) groups excluding carboxylic acids is 1. The molecule has 104 valence electrons. The van der Waals surface area contributed by atoms with Gasteiger partial charge in [0.2, 0.25) is 0 Å². The van der Waals surface area contributed by atoms with E-state index in [0.29, 0.717) is 17.2 Å². The normalized spacial score (nSPS) is 10.6. The van der Waals surface area contributed by atoms with Crippen molar-refractivity contribution in [3.05, 3.63) is 59.2 Å². The van der Waals surface area contributed by atoms with Crippen molar-refractivity contribution in [3.63, 3.8) is 0 Å². The van der Waals surface area contributed by atoms with Crippen molar-refractivity contribution in [2.24, 2.45) is 0 Å². The van der Waals surface area contributed by atoms with E-state index in [9.17, 15) is 4.79 Å². The first-order valence-corrected chi connectivity index (χ1v) is 6.75. The molecule has 1 amide bonds. The van der Waals surface area contributed by atoms with E-state index in [0.717, 1.165) is 11.3 Å². The molecule has 2 aromatic rings. The minimum absolute atomic E-state index is 0.129. The monoisotopic (exact) mass is 268 g/mol. The van der Waals surface area contributed by atoms with Crippen molar-refractivity contribution in [3.8, 4) is 0 Å². The van der Waals surface area contributed by atoms with Crippen LogP contribution in [-0.2, 0) is 0 Å². The van der Waals surface area contributed by atoms with Crippen LogP contribution in [0.15, 0.2) is 42.5 Å². The second kappa shape index (κ2) is 5.78. The van der Waals surface area contributed by atoms with Gasteiger partial charge < -0.3 is 11.1 Å². The third kappa shape index (κ3) is 3.18. The zero-order valence-electron chi connectivity index (χ0n) is 12.1. The summed E-state index contributed by atoms with van der Waals surface area (Å²) in [6, 6.07) is 13.3. The van der Waals surface area contributed by atoms with Crippen LogP contribution in [0.2, 0.25) is 0 Å². The number of nitrogens with one attached hydrogen (secondary N) is 1. The molecule has 0 bridgehead atoms. The molecule has 0 saturated carbocycles. The number of amides is 1. The van der Waals surface area contributed by atoms with E-state index in [2.05, 4.69) is 25.2 Å². The first kappa shape index (κ1) is 14.1. The fourth-order valence-corrected chi connectivity index (χ4v) is 2.06. The lowest BCUT2D eigenvalue weighted by atomic mass is 10.0. The Balaban J connectivity index is 2.23. The number of hydrogen-bond donors (Lipinski definition) is 2. The van der Waals surface area contributed by atoms with E-state index in [1.165, 1.54) is 5.56 Å². The molecule has 20 heavy (non-hydrogen) atoms. The Morgan fingerprint density at radius 3 is 2.60 bits per heavy atom. The maximum Gasteiger partial charge on any atom is 0.256 e. The van der Waals surface area contributed by atoms with Gasteiger partial charge in [0.1, 0.15) is 0 Å². The fraction of sp³-hybridized carbons (Fsp3) is 0.235. The zero-order valence-corrected chi connectivity index (χ0v) is 12.1. The molecule has 0 saturated heterocycles. The van der Waals surface area contributed by atoms with E-state index >= 15 is 0 Å². The molecular weight excluding hydrogens is 248 g/mol. The van der Waals surface area contributed by atoms with E-state index in [1.54, 1.807) is 12.1 Å². The van der Waals surface area contributed by atoms with Gasteiger partial charge in [-0.15, -0.1) is 0 Å². The van der Waals surface area contributed by atoms with Gasteiger partial charge >= 0.3 is 0 Å². The topological polar surface area (TPSA) is 55.1 Å². The summed E-state index contributed by atoms with van der Waals surface area (Å²) >= 11 is 0. The number of anilines is 2. The molecule has 0 atom stereocenters. The van der Waals surface area contributed by atoms with Crippen LogP contribution in [0.4, 0.5) is 11.4 Å². The molecule has 0 fully saturated rings. The molecule has 3 nitrogen and oxygen atoms in total. The highest BCUT2D eigenvalue weighted by Gasteiger charge is 2.10. The van der Waals surface area contributed by atoms with Gasteiger partial charge in [-0.2, -0.15) is 0 Å². The summed E-state index contributed by atoms with van der Waals surface area (Å²) in [5.74, 6) is 0.302. The van der Waals surface area contributed by atoms with Crippen molar-refractivity contribution in [1.82, 2.24) is 0 Å².